The lowest BCUT2D eigenvalue weighted by atomic mass is 10.3. The molecule has 0 aliphatic heterocycles. The summed E-state index contributed by atoms with van der Waals surface area (Å²) in [6.45, 7) is 5.77. The fourth-order valence-corrected chi connectivity index (χ4v) is 12.2. The van der Waals surface area contributed by atoms with E-state index in [1.54, 1.807) is 0 Å². The Kier molecular flexibility index (Phi) is 33.9. The van der Waals surface area contributed by atoms with Crippen molar-refractivity contribution < 1.29 is 39.6 Å². The van der Waals surface area contributed by atoms with Crippen LogP contribution in [0.4, 0.5) is 0 Å². The smallest absolute Gasteiger partial charge is 0.237 e. The average molecular weight is 833 g/mol. The van der Waals surface area contributed by atoms with Gasteiger partial charge in [-0.05, 0) is 19.3 Å². The Hall–Kier alpha value is -0.810. The third kappa shape index (κ3) is 33.1. The number of nitrogens with two attached hydrogens (primary N) is 3. The lowest BCUT2D eigenvalue weighted by Gasteiger charge is -2.09. The van der Waals surface area contributed by atoms with E-state index in [0.29, 0.717) is 53.8 Å². The van der Waals surface area contributed by atoms with Gasteiger partial charge in [-0.3, -0.25) is 14.4 Å². The van der Waals surface area contributed by atoms with E-state index in [9.17, 15) is 39.6 Å². The SMILES string of the molecule is CCCCS(=O)(=O)CCSCC(N)C(=O)NC.CCCCS(=O)(=O)CCSCC(N)C(=O)NC.CCCS(=O)(=O)CCSCC(N)C(=O)NC. The van der Waals surface area contributed by atoms with Gasteiger partial charge in [0.1, 0.15) is 0 Å². The highest BCUT2D eigenvalue weighted by Gasteiger charge is 2.16. The second-order valence-corrected chi connectivity index (χ2v) is 21.4. The van der Waals surface area contributed by atoms with Crippen LogP contribution in [-0.2, 0) is 43.9 Å². The first-order chi connectivity index (χ1) is 23.3. The number of rotatable bonds is 26. The summed E-state index contributed by atoms with van der Waals surface area (Å²) >= 11 is 4.19. The summed E-state index contributed by atoms with van der Waals surface area (Å²) in [4.78, 5) is 33.2. The first kappa shape index (κ1) is 53.5. The highest BCUT2D eigenvalue weighted by atomic mass is 32.2. The topological polar surface area (TPSA) is 268 Å². The lowest BCUT2D eigenvalue weighted by molar-refractivity contribution is -0.122. The van der Waals surface area contributed by atoms with Crippen LogP contribution in [-0.4, -0.2) is 151 Å². The Bertz CT molecular complexity index is 1180. The molecule has 0 rings (SSSR count). The van der Waals surface area contributed by atoms with Gasteiger partial charge in [0.05, 0.1) is 46.9 Å². The molecule has 0 aliphatic carbocycles. The van der Waals surface area contributed by atoms with Gasteiger partial charge in [-0.2, -0.15) is 35.3 Å². The molecule has 0 radical (unpaired) electrons. The maximum absolute atomic E-state index is 11.5. The molecule has 0 aromatic rings. The highest BCUT2D eigenvalue weighted by molar-refractivity contribution is 8.01. The number of hydrogen-bond acceptors (Lipinski definition) is 15. The largest absolute Gasteiger partial charge is 0.358 e. The molecule has 0 fully saturated rings. The summed E-state index contributed by atoms with van der Waals surface area (Å²) in [5.41, 5.74) is 16.7. The van der Waals surface area contributed by atoms with Crippen molar-refractivity contribution in [3.63, 3.8) is 0 Å². The molecule has 300 valence electrons. The van der Waals surface area contributed by atoms with Gasteiger partial charge >= 0.3 is 0 Å². The summed E-state index contributed by atoms with van der Waals surface area (Å²) in [5, 5.41) is 7.36. The predicted molar refractivity (Wildman–Crippen MR) is 214 cm³/mol. The first-order valence-electron chi connectivity index (χ1n) is 16.5. The molecule has 3 unspecified atom stereocenters. The third-order valence-electron chi connectivity index (χ3n) is 6.39. The van der Waals surface area contributed by atoms with Crippen LogP contribution >= 0.6 is 35.3 Å². The molecule has 50 heavy (non-hydrogen) atoms. The van der Waals surface area contributed by atoms with Crippen molar-refractivity contribution in [2.24, 2.45) is 17.2 Å². The van der Waals surface area contributed by atoms with Gasteiger partial charge in [-0.15, -0.1) is 0 Å². The Labute approximate surface area is 314 Å². The van der Waals surface area contributed by atoms with E-state index in [-0.39, 0.29) is 52.2 Å². The van der Waals surface area contributed by atoms with Crippen LogP contribution < -0.4 is 33.2 Å². The lowest BCUT2D eigenvalue weighted by Crippen LogP contribution is -2.40. The molecular weight excluding hydrogens is 769 g/mol. The minimum absolute atomic E-state index is 0.159. The second kappa shape index (κ2) is 31.7. The Morgan fingerprint density at radius 2 is 0.740 bits per heavy atom. The van der Waals surface area contributed by atoms with E-state index in [4.69, 9.17) is 17.2 Å². The molecule has 0 bridgehead atoms. The van der Waals surface area contributed by atoms with E-state index < -0.39 is 47.6 Å². The Morgan fingerprint density at radius 1 is 0.480 bits per heavy atom. The maximum atomic E-state index is 11.5. The molecule has 0 saturated heterocycles. The van der Waals surface area contributed by atoms with E-state index in [0.717, 1.165) is 12.8 Å². The predicted octanol–water partition coefficient (Wildman–Crippen LogP) is -0.367. The number of sulfone groups is 3. The fourth-order valence-electron chi connectivity index (χ4n) is 3.32. The second-order valence-electron chi connectivity index (χ2n) is 11.0. The van der Waals surface area contributed by atoms with Crippen molar-refractivity contribution in [1.82, 2.24) is 16.0 Å². The van der Waals surface area contributed by atoms with Crippen LogP contribution in [0.15, 0.2) is 0 Å². The normalized spacial score (nSPS) is 13.4. The van der Waals surface area contributed by atoms with E-state index >= 15 is 0 Å². The summed E-state index contributed by atoms with van der Waals surface area (Å²) < 4.78 is 68.7. The molecule has 15 nitrogen and oxygen atoms in total. The van der Waals surface area contributed by atoms with Crippen LogP contribution in [0.5, 0.6) is 0 Å². The molecule has 3 atom stereocenters. The first-order valence-corrected chi connectivity index (χ1v) is 25.5. The van der Waals surface area contributed by atoms with Crippen molar-refractivity contribution in [1.29, 1.82) is 0 Å². The van der Waals surface area contributed by atoms with Crippen LogP contribution in [0.25, 0.3) is 0 Å². The highest BCUT2D eigenvalue weighted by Crippen LogP contribution is 2.07. The molecule has 0 heterocycles. The number of likely N-dealkylation sites (N-methyl/N-ethyl adjacent to an activating group) is 3. The zero-order valence-corrected chi connectivity index (χ0v) is 35.5. The summed E-state index contributed by atoms with van der Waals surface area (Å²) in [7, 11) is -4.19. The number of carbonyl (C=O) groups is 3. The van der Waals surface area contributed by atoms with Gasteiger partial charge in [0.15, 0.2) is 29.5 Å². The summed E-state index contributed by atoms with van der Waals surface area (Å²) in [5.74, 6) is 3.41. The van der Waals surface area contributed by atoms with Gasteiger partial charge in [-0.25, -0.2) is 25.3 Å². The quantitative estimate of drug-likeness (QED) is 0.0608. The van der Waals surface area contributed by atoms with E-state index in [1.165, 1.54) is 56.4 Å². The zero-order valence-electron chi connectivity index (χ0n) is 30.6. The van der Waals surface area contributed by atoms with Gasteiger partial charge < -0.3 is 33.2 Å². The fraction of sp³-hybridized carbons (Fsp3) is 0.897. The zero-order chi connectivity index (χ0) is 39.2. The summed E-state index contributed by atoms with van der Waals surface area (Å²) in [6.07, 6.45) is 3.84. The number of thioether (sulfide) groups is 3. The number of amides is 3. The van der Waals surface area contributed by atoms with Gasteiger partial charge in [-0.1, -0.05) is 33.6 Å². The molecule has 9 N–H and O–H groups in total. The van der Waals surface area contributed by atoms with Gasteiger partial charge in [0.25, 0.3) is 0 Å². The van der Waals surface area contributed by atoms with Crippen LogP contribution in [0, 0.1) is 0 Å². The van der Waals surface area contributed by atoms with E-state index in [2.05, 4.69) is 16.0 Å². The molecule has 0 spiro atoms. The van der Waals surface area contributed by atoms with E-state index in [1.807, 2.05) is 20.8 Å². The van der Waals surface area contributed by atoms with Crippen molar-refractivity contribution in [2.75, 3.05) is 90.2 Å². The number of hydrogen-bond donors (Lipinski definition) is 6. The van der Waals surface area contributed by atoms with Crippen molar-refractivity contribution in [3.8, 4) is 0 Å². The average Bonchev–Trinajstić information content (AvgIpc) is 3.07. The molecule has 0 saturated carbocycles. The Balaban J connectivity index is -0.000000663. The molecule has 0 aliphatic rings. The van der Waals surface area contributed by atoms with Crippen molar-refractivity contribution >= 4 is 82.5 Å². The van der Waals surface area contributed by atoms with Crippen LogP contribution in [0.1, 0.15) is 52.9 Å². The molecule has 21 heteroatoms. The summed E-state index contributed by atoms with van der Waals surface area (Å²) in [6, 6.07) is -1.70. The number of nitrogens with one attached hydrogen (secondary N) is 3. The minimum atomic E-state index is -2.93. The van der Waals surface area contributed by atoms with Crippen molar-refractivity contribution in [2.45, 2.75) is 71.0 Å². The maximum Gasteiger partial charge on any atom is 0.237 e. The monoisotopic (exact) mass is 832 g/mol. The van der Waals surface area contributed by atoms with Crippen molar-refractivity contribution in [3.05, 3.63) is 0 Å². The number of unbranched alkanes of at least 4 members (excludes halogenated alkanes) is 2. The molecular formula is C29H64N6O9S6. The molecule has 0 aromatic heterocycles. The van der Waals surface area contributed by atoms with Crippen LogP contribution in [0.3, 0.4) is 0 Å². The van der Waals surface area contributed by atoms with Gasteiger partial charge in [0.2, 0.25) is 17.7 Å². The van der Waals surface area contributed by atoms with Gasteiger partial charge in [0, 0.05) is 61.4 Å². The Morgan fingerprint density at radius 3 is 0.960 bits per heavy atom. The number of carbonyl (C=O) groups excluding carboxylic acids is 3. The minimum Gasteiger partial charge on any atom is -0.358 e. The molecule has 3 amide bonds. The molecule has 0 aromatic carbocycles. The third-order valence-corrected chi connectivity index (χ3v) is 15.8. The van der Waals surface area contributed by atoms with Crippen LogP contribution in [0.2, 0.25) is 0 Å². The standard InChI is InChI=1S/2C10H22N2O3S2.C9H20N2O3S2/c2*1-3-4-6-17(14,15)7-5-16-8-9(11)10(13)12-2;1-3-5-16(13,14)6-4-15-7-8(10)9(12)11-2/h2*9H,3-8,11H2,1-2H3,(H,12,13);8H,3-7,10H2,1-2H3,(H,11,12).